The number of halogens is 4. The van der Waals surface area contributed by atoms with Crippen molar-refractivity contribution in [2.45, 2.75) is 38.0 Å². The maximum atomic E-state index is 13.7. The minimum Gasteiger partial charge on any atom is -0.475 e. The highest BCUT2D eigenvalue weighted by molar-refractivity contribution is 7.89. The number of aliphatic carboxylic acids is 1. The van der Waals surface area contributed by atoms with Gasteiger partial charge < -0.3 is 9.67 Å². The smallest absolute Gasteiger partial charge is 0.475 e. The van der Waals surface area contributed by atoms with E-state index in [1.807, 2.05) is 12.3 Å². The number of carbonyl (C=O) groups is 1. The number of aromatic nitrogens is 2. The third kappa shape index (κ3) is 5.10. The maximum Gasteiger partial charge on any atom is 0.490 e. The van der Waals surface area contributed by atoms with Crippen molar-refractivity contribution in [3.05, 3.63) is 42.1 Å². The first-order valence-corrected chi connectivity index (χ1v) is 12.2. The summed E-state index contributed by atoms with van der Waals surface area (Å²) in [6, 6.07) is 6.58. The van der Waals surface area contributed by atoms with Crippen LogP contribution in [0.1, 0.15) is 25.6 Å². The molecule has 0 unspecified atom stereocenters. The van der Waals surface area contributed by atoms with Gasteiger partial charge in [0.2, 0.25) is 10.0 Å². The Morgan fingerprint density at radius 2 is 1.79 bits per heavy atom. The fourth-order valence-corrected chi connectivity index (χ4v) is 5.51. The van der Waals surface area contributed by atoms with Crippen LogP contribution in [-0.2, 0) is 26.9 Å². The van der Waals surface area contributed by atoms with Gasteiger partial charge in [-0.3, -0.25) is 4.90 Å². The first kappa shape index (κ1) is 26.1. The molecule has 3 heterocycles. The second-order valence-corrected chi connectivity index (χ2v) is 10.4. The van der Waals surface area contributed by atoms with Crippen LogP contribution >= 0.6 is 0 Å². The van der Waals surface area contributed by atoms with Crippen molar-refractivity contribution in [1.82, 2.24) is 18.8 Å². The molecule has 1 aromatic heterocycles. The molecule has 1 saturated heterocycles. The Labute approximate surface area is 194 Å². The fourth-order valence-electron chi connectivity index (χ4n) is 4.41. The molecule has 0 atom stereocenters. The lowest BCUT2D eigenvalue weighted by atomic mass is 9.84. The molecule has 13 heteroatoms. The van der Waals surface area contributed by atoms with E-state index >= 15 is 0 Å². The van der Waals surface area contributed by atoms with E-state index in [-0.39, 0.29) is 17.1 Å². The molecule has 0 bridgehead atoms. The van der Waals surface area contributed by atoms with E-state index < -0.39 is 22.2 Å². The summed E-state index contributed by atoms with van der Waals surface area (Å²) in [5, 5.41) is 7.12. The monoisotopic (exact) mass is 506 g/mol. The standard InChI is InChI=1S/C19H25FN4O2S.C2HF3O2/c1-3-27(25,26)23-9-7-19(8-10-23)18-21-14-17(24(18)12-11-22(19)2)15-5-4-6-16(20)13-15;3-2(4,5)1(6)7/h4-6,13-14H,3,7-12H2,1-2H3;(H,6,7). The Balaban J connectivity index is 0.000000406. The zero-order valence-electron chi connectivity index (χ0n) is 18.7. The number of hydrogen-bond acceptors (Lipinski definition) is 5. The molecule has 1 spiro atoms. The summed E-state index contributed by atoms with van der Waals surface area (Å²) in [4.78, 5) is 15.9. The van der Waals surface area contributed by atoms with Gasteiger partial charge in [0, 0.05) is 31.7 Å². The molecule has 1 aromatic carbocycles. The first-order chi connectivity index (χ1) is 15.8. The Kier molecular flexibility index (Phi) is 7.39. The minimum atomic E-state index is -5.08. The molecule has 0 amide bonds. The molecule has 34 heavy (non-hydrogen) atoms. The van der Waals surface area contributed by atoms with Crippen molar-refractivity contribution in [2.75, 3.05) is 32.4 Å². The number of fused-ring (bicyclic) bond motifs is 2. The number of sulfonamides is 1. The summed E-state index contributed by atoms with van der Waals surface area (Å²) in [5.74, 6) is -1.92. The minimum absolute atomic E-state index is 0.133. The summed E-state index contributed by atoms with van der Waals surface area (Å²) >= 11 is 0. The average Bonchev–Trinajstić information content (AvgIpc) is 3.22. The number of benzene rings is 1. The quantitative estimate of drug-likeness (QED) is 0.644. The van der Waals surface area contributed by atoms with Gasteiger partial charge >= 0.3 is 12.1 Å². The van der Waals surface area contributed by atoms with E-state index in [9.17, 15) is 26.0 Å². The average molecular weight is 507 g/mol. The van der Waals surface area contributed by atoms with Gasteiger partial charge in [-0.2, -0.15) is 13.2 Å². The zero-order chi connectivity index (χ0) is 25.3. The lowest BCUT2D eigenvalue weighted by Crippen LogP contribution is -2.57. The zero-order valence-corrected chi connectivity index (χ0v) is 19.5. The highest BCUT2D eigenvalue weighted by Gasteiger charge is 2.47. The van der Waals surface area contributed by atoms with Crippen LogP contribution in [0, 0.1) is 5.82 Å². The lowest BCUT2D eigenvalue weighted by molar-refractivity contribution is -0.192. The Bertz CT molecular complexity index is 1140. The number of nitrogens with zero attached hydrogens (tertiary/aromatic N) is 4. The van der Waals surface area contributed by atoms with Gasteiger partial charge in [-0.1, -0.05) is 12.1 Å². The number of hydrogen-bond donors (Lipinski definition) is 1. The first-order valence-electron chi connectivity index (χ1n) is 10.6. The largest absolute Gasteiger partial charge is 0.490 e. The van der Waals surface area contributed by atoms with E-state index in [0.29, 0.717) is 25.9 Å². The summed E-state index contributed by atoms with van der Waals surface area (Å²) in [6.45, 7) is 4.33. The van der Waals surface area contributed by atoms with Gasteiger partial charge in [0.1, 0.15) is 11.6 Å². The molecule has 8 nitrogen and oxygen atoms in total. The highest BCUT2D eigenvalue weighted by Crippen LogP contribution is 2.42. The van der Waals surface area contributed by atoms with E-state index in [1.165, 1.54) is 12.1 Å². The number of likely N-dealkylation sites (N-methyl/N-ethyl adjacent to an activating group) is 1. The van der Waals surface area contributed by atoms with Crippen LogP contribution in [0.5, 0.6) is 0 Å². The predicted molar refractivity (Wildman–Crippen MR) is 116 cm³/mol. The lowest BCUT2D eigenvalue weighted by Gasteiger charge is -2.49. The van der Waals surface area contributed by atoms with Gasteiger partial charge in [0.15, 0.2) is 0 Å². The van der Waals surface area contributed by atoms with Gasteiger partial charge in [-0.15, -0.1) is 0 Å². The molecule has 4 rings (SSSR count). The SMILES string of the molecule is CCS(=O)(=O)N1CCC2(CC1)c1ncc(-c3cccc(F)c3)n1CCN2C.O=C(O)C(F)(F)F. The number of alkyl halides is 3. The van der Waals surface area contributed by atoms with Crippen molar-refractivity contribution in [1.29, 1.82) is 0 Å². The van der Waals surface area contributed by atoms with Crippen molar-refractivity contribution >= 4 is 16.0 Å². The number of carboxylic acid groups (broad SMARTS) is 1. The van der Waals surface area contributed by atoms with E-state index in [1.54, 1.807) is 17.3 Å². The molecule has 1 N–H and O–H groups in total. The molecule has 1 fully saturated rings. The Morgan fingerprint density at radius 1 is 1.18 bits per heavy atom. The number of carboxylic acids is 1. The molecular weight excluding hydrogens is 480 g/mol. The normalized spacial score (nSPS) is 18.8. The van der Waals surface area contributed by atoms with Crippen LogP contribution in [0.2, 0.25) is 0 Å². The van der Waals surface area contributed by atoms with Crippen LogP contribution in [0.25, 0.3) is 11.3 Å². The predicted octanol–water partition coefficient (Wildman–Crippen LogP) is 2.91. The van der Waals surface area contributed by atoms with Gasteiger partial charge in [0.25, 0.3) is 0 Å². The fraction of sp³-hybridized carbons (Fsp3) is 0.524. The van der Waals surface area contributed by atoms with Gasteiger partial charge in [-0.25, -0.2) is 26.9 Å². The summed E-state index contributed by atoms with van der Waals surface area (Å²) in [5.41, 5.74) is 1.46. The van der Waals surface area contributed by atoms with Crippen molar-refractivity contribution in [3.63, 3.8) is 0 Å². The molecule has 2 aliphatic heterocycles. The second-order valence-electron chi connectivity index (χ2n) is 8.18. The molecule has 2 aromatic rings. The van der Waals surface area contributed by atoms with Crippen LogP contribution in [-0.4, -0.2) is 76.9 Å². The van der Waals surface area contributed by atoms with E-state index in [2.05, 4.69) is 16.5 Å². The number of piperidine rings is 1. The van der Waals surface area contributed by atoms with Crippen molar-refractivity contribution < 1.29 is 35.9 Å². The molecule has 0 aliphatic carbocycles. The van der Waals surface area contributed by atoms with Crippen molar-refractivity contribution in [3.8, 4) is 11.3 Å². The van der Waals surface area contributed by atoms with Crippen LogP contribution < -0.4 is 0 Å². The molecule has 2 aliphatic rings. The van der Waals surface area contributed by atoms with Crippen LogP contribution in [0.4, 0.5) is 17.6 Å². The number of imidazole rings is 1. The highest BCUT2D eigenvalue weighted by atomic mass is 32.2. The van der Waals surface area contributed by atoms with Crippen molar-refractivity contribution in [2.24, 2.45) is 0 Å². The third-order valence-electron chi connectivity index (χ3n) is 6.33. The summed E-state index contributed by atoms with van der Waals surface area (Å²) in [7, 11) is -1.08. The third-order valence-corrected chi connectivity index (χ3v) is 8.21. The van der Waals surface area contributed by atoms with Crippen LogP contribution in [0.15, 0.2) is 30.5 Å². The number of rotatable bonds is 3. The Hall–Kier alpha value is -2.51. The van der Waals surface area contributed by atoms with Gasteiger partial charge in [0.05, 0.1) is 23.2 Å². The van der Waals surface area contributed by atoms with Crippen LogP contribution in [0.3, 0.4) is 0 Å². The molecule has 188 valence electrons. The topological polar surface area (TPSA) is 95.7 Å². The molecular formula is C21H26F4N4O4S. The van der Waals surface area contributed by atoms with E-state index in [4.69, 9.17) is 14.9 Å². The summed E-state index contributed by atoms with van der Waals surface area (Å²) < 4.78 is 73.7. The van der Waals surface area contributed by atoms with E-state index in [0.717, 1.165) is 30.2 Å². The molecule has 0 radical (unpaired) electrons. The Morgan fingerprint density at radius 3 is 2.32 bits per heavy atom. The molecule has 0 saturated carbocycles. The summed E-state index contributed by atoms with van der Waals surface area (Å²) in [6.07, 6.45) is -1.84. The van der Waals surface area contributed by atoms with Gasteiger partial charge in [-0.05, 0) is 38.9 Å². The second kappa shape index (κ2) is 9.62. The maximum absolute atomic E-state index is 13.7.